The monoisotopic (exact) mass is 860 g/mol. The third-order valence-electron chi connectivity index (χ3n) is 14.0. The highest BCUT2D eigenvalue weighted by Crippen LogP contribution is 2.51. The lowest BCUT2D eigenvalue weighted by molar-refractivity contribution is 0.660. The van der Waals surface area contributed by atoms with Crippen molar-refractivity contribution in [3.8, 4) is 50.2 Å². The van der Waals surface area contributed by atoms with Crippen LogP contribution in [0.4, 0.5) is 17.1 Å². The van der Waals surface area contributed by atoms with Gasteiger partial charge in [0, 0.05) is 59.1 Å². The molecule has 12 aromatic rings. The van der Waals surface area contributed by atoms with Gasteiger partial charge in [0.2, 0.25) is 0 Å². The first-order valence-corrected chi connectivity index (χ1v) is 23.6. The average Bonchev–Trinajstić information content (AvgIpc) is 3.99. The van der Waals surface area contributed by atoms with Crippen LogP contribution in [0.15, 0.2) is 231 Å². The molecule has 312 valence electrons. The van der Waals surface area contributed by atoms with E-state index in [0.29, 0.717) is 0 Å². The molecule has 66 heavy (non-hydrogen) atoms. The molecule has 0 amide bonds. The van der Waals surface area contributed by atoms with Crippen molar-refractivity contribution in [3.05, 3.63) is 242 Å². The molecule has 0 fully saturated rings. The average molecular weight is 861 g/mol. The molecule has 2 aromatic heterocycles. The van der Waals surface area contributed by atoms with E-state index < -0.39 is 0 Å². The second-order valence-electron chi connectivity index (χ2n) is 18.1. The van der Waals surface area contributed by atoms with Gasteiger partial charge in [0.15, 0.2) is 0 Å². The molecule has 2 heterocycles. The fourth-order valence-corrected chi connectivity index (χ4v) is 11.7. The van der Waals surface area contributed by atoms with Crippen LogP contribution in [-0.4, -0.2) is 4.57 Å². The lowest BCUT2D eigenvalue weighted by Gasteiger charge is -2.28. The van der Waals surface area contributed by atoms with Crippen molar-refractivity contribution in [1.82, 2.24) is 4.57 Å². The van der Waals surface area contributed by atoms with Crippen molar-refractivity contribution in [3.63, 3.8) is 0 Å². The number of aromatic nitrogens is 1. The van der Waals surface area contributed by atoms with Gasteiger partial charge in [-0.05, 0) is 147 Å². The third-order valence-corrected chi connectivity index (χ3v) is 15.2. The van der Waals surface area contributed by atoms with Gasteiger partial charge in [-0.25, -0.2) is 0 Å². The third kappa shape index (κ3) is 6.15. The van der Waals surface area contributed by atoms with Crippen LogP contribution in [0.3, 0.4) is 0 Å². The van der Waals surface area contributed by atoms with Crippen LogP contribution in [0.2, 0.25) is 0 Å². The van der Waals surface area contributed by atoms with E-state index >= 15 is 0 Å². The standard InChI is InChI=1S/C63H44N2S/c1-63(2)57-19-11-9-17-51(57)52-33-32-50(40-58(52)63)64(48-28-21-42(22-29-48)41-13-5-3-6-14-41)49-30-23-43(24-31-49)44-25-34-59-54(37-44)55-38-45(26-35-60(55)65(59)47-15-7-4-8-16-47)46-27-36-62-56(39-46)53-18-10-12-20-61(53)66-62/h3-40H,1-2H3. The first-order valence-electron chi connectivity index (χ1n) is 22.8. The van der Waals surface area contributed by atoms with Crippen LogP contribution in [0.1, 0.15) is 25.0 Å². The Balaban J connectivity index is 0.920. The van der Waals surface area contributed by atoms with Crippen molar-refractivity contribution >= 4 is 70.4 Å². The lowest BCUT2D eigenvalue weighted by Crippen LogP contribution is -2.16. The molecular formula is C63H44N2S. The number of hydrogen-bond donors (Lipinski definition) is 0. The van der Waals surface area contributed by atoms with Gasteiger partial charge in [-0.15, -0.1) is 11.3 Å². The molecule has 13 rings (SSSR count). The van der Waals surface area contributed by atoms with Gasteiger partial charge < -0.3 is 9.47 Å². The van der Waals surface area contributed by atoms with Crippen LogP contribution in [-0.2, 0) is 5.41 Å². The minimum Gasteiger partial charge on any atom is -0.310 e. The van der Waals surface area contributed by atoms with E-state index in [4.69, 9.17) is 0 Å². The van der Waals surface area contributed by atoms with Crippen LogP contribution in [0, 0.1) is 0 Å². The summed E-state index contributed by atoms with van der Waals surface area (Å²) in [5.74, 6) is 0. The number of rotatable bonds is 7. The van der Waals surface area contributed by atoms with E-state index in [1.807, 2.05) is 11.3 Å². The molecular weight excluding hydrogens is 817 g/mol. The van der Waals surface area contributed by atoms with E-state index in [-0.39, 0.29) is 5.41 Å². The molecule has 3 heteroatoms. The maximum Gasteiger partial charge on any atom is 0.0541 e. The largest absolute Gasteiger partial charge is 0.310 e. The molecule has 0 saturated carbocycles. The fraction of sp³-hybridized carbons (Fsp3) is 0.0476. The van der Waals surface area contributed by atoms with Crippen LogP contribution in [0.25, 0.3) is 92.2 Å². The molecule has 2 nitrogen and oxygen atoms in total. The maximum atomic E-state index is 2.42. The Kier molecular flexibility index (Phi) is 8.78. The Morgan fingerprint density at radius 3 is 1.53 bits per heavy atom. The number of thiophene rings is 1. The number of nitrogens with zero attached hydrogens (tertiary/aromatic N) is 2. The molecule has 10 aromatic carbocycles. The summed E-state index contributed by atoms with van der Waals surface area (Å²) in [6.07, 6.45) is 0. The number of benzene rings is 10. The first kappa shape index (κ1) is 38.5. The van der Waals surface area contributed by atoms with Crippen molar-refractivity contribution in [1.29, 1.82) is 0 Å². The number of para-hydroxylation sites is 1. The molecule has 1 aliphatic carbocycles. The van der Waals surface area contributed by atoms with Crippen molar-refractivity contribution in [2.24, 2.45) is 0 Å². The highest BCUT2D eigenvalue weighted by molar-refractivity contribution is 7.25. The smallest absolute Gasteiger partial charge is 0.0541 e. The minimum absolute atomic E-state index is 0.107. The number of anilines is 3. The summed E-state index contributed by atoms with van der Waals surface area (Å²) in [7, 11) is 0. The molecule has 0 N–H and O–H groups in total. The Morgan fingerprint density at radius 2 is 0.833 bits per heavy atom. The summed E-state index contributed by atoms with van der Waals surface area (Å²) in [5.41, 5.74) is 19.4. The quantitative estimate of drug-likeness (QED) is 0.155. The predicted molar refractivity (Wildman–Crippen MR) is 282 cm³/mol. The molecule has 0 unspecified atom stereocenters. The second kappa shape index (κ2) is 15.1. The summed E-state index contributed by atoms with van der Waals surface area (Å²) in [5, 5.41) is 5.12. The molecule has 0 saturated heterocycles. The van der Waals surface area contributed by atoms with Crippen LogP contribution >= 0.6 is 11.3 Å². The highest BCUT2D eigenvalue weighted by Gasteiger charge is 2.35. The fourth-order valence-electron chi connectivity index (χ4n) is 10.7. The normalized spacial score (nSPS) is 12.8. The van der Waals surface area contributed by atoms with Crippen molar-refractivity contribution in [2.75, 3.05) is 4.90 Å². The van der Waals surface area contributed by atoms with Gasteiger partial charge in [-0.2, -0.15) is 0 Å². The van der Waals surface area contributed by atoms with Crippen LogP contribution in [0.5, 0.6) is 0 Å². The van der Waals surface area contributed by atoms with E-state index in [9.17, 15) is 0 Å². The maximum absolute atomic E-state index is 2.42. The van der Waals surface area contributed by atoms with E-state index in [0.717, 1.165) is 22.7 Å². The Bertz CT molecular complexity index is 3820. The molecule has 0 aliphatic heterocycles. The summed E-state index contributed by atoms with van der Waals surface area (Å²) >= 11 is 1.87. The topological polar surface area (TPSA) is 8.17 Å². The van der Waals surface area contributed by atoms with E-state index in [1.54, 1.807) is 0 Å². The van der Waals surface area contributed by atoms with Gasteiger partial charge >= 0.3 is 0 Å². The lowest BCUT2D eigenvalue weighted by atomic mass is 9.82. The summed E-state index contributed by atoms with van der Waals surface area (Å²) in [6.45, 7) is 4.71. The number of fused-ring (bicyclic) bond motifs is 9. The van der Waals surface area contributed by atoms with Crippen molar-refractivity contribution in [2.45, 2.75) is 19.3 Å². The zero-order valence-electron chi connectivity index (χ0n) is 36.7. The first-order chi connectivity index (χ1) is 32.5. The zero-order chi connectivity index (χ0) is 43.9. The van der Waals surface area contributed by atoms with Gasteiger partial charge in [0.1, 0.15) is 0 Å². The molecule has 0 spiro atoms. The Hall–Kier alpha value is -7.98. The Morgan fingerprint density at radius 1 is 0.348 bits per heavy atom. The Labute approximate surface area is 388 Å². The second-order valence-corrected chi connectivity index (χ2v) is 19.2. The number of hydrogen-bond acceptors (Lipinski definition) is 2. The van der Waals surface area contributed by atoms with Gasteiger partial charge in [0.25, 0.3) is 0 Å². The van der Waals surface area contributed by atoms with E-state index in [2.05, 4.69) is 254 Å². The van der Waals surface area contributed by atoms with Crippen LogP contribution < -0.4 is 4.90 Å². The SMILES string of the molecule is CC1(C)c2ccccc2-c2ccc(N(c3ccc(-c4ccccc4)cc3)c3ccc(-c4ccc5c(c4)c4cc(-c6ccc7sc8ccccc8c7c6)ccc4n5-c4ccccc4)cc3)cc21. The van der Waals surface area contributed by atoms with Crippen molar-refractivity contribution < 1.29 is 0 Å². The molecule has 1 aliphatic rings. The van der Waals surface area contributed by atoms with Gasteiger partial charge in [0.05, 0.1) is 11.0 Å². The predicted octanol–water partition coefficient (Wildman–Crippen LogP) is 17.9. The molecule has 0 radical (unpaired) electrons. The zero-order valence-corrected chi connectivity index (χ0v) is 37.6. The van der Waals surface area contributed by atoms with E-state index in [1.165, 1.54) is 97.6 Å². The van der Waals surface area contributed by atoms with Gasteiger partial charge in [-0.3, -0.25) is 0 Å². The molecule has 0 atom stereocenters. The summed E-state index contributed by atoms with van der Waals surface area (Å²) in [6, 6.07) is 85.1. The summed E-state index contributed by atoms with van der Waals surface area (Å²) < 4.78 is 5.06. The molecule has 0 bridgehead atoms. The highest BCUT2D eigenvalue weighted by atomic mass is 32.1. The van der Waals surface area contributed by atoms with Gasteiger partial charge in [-0.1, -0.05) is 153 Å². The minimum atomic E-state index is -0.107. The summed E-state index contributed by atoms with van der Waals surface area (Å²) in [4.78, 5) is 2.41.